The molecule has 88 valence electrons. The predicted molar refractivity (Wildman–Crippen MR) is 65.2 cm³/mol. The zero-order valence-electron chi connectivity index (χ0n) is 9.35. The molecule has 1 aromatic carbocycles. The molecule has 2 aromatic rings. The van der Waals surface area contributed by atoms with Gasteiger partial charge in [-0.1, -0.05) is 15.9 Å². The molecule has 5 nitrogen and oxygen atoms in total. The van der Waals surface area contributed by atoms with Crippen LogP contribution in [0.4, 0.5) is 0 Å². The molecule has 0 bridgehead atoms. The average Bonchev–Trinajstić information content (AvgIpc) is 2.63. The average molecular weight is 296 g/mol. The van der Waals surface area contributed by atoms with E-state index in [4.69, 9.17) is 4.74 Å². The molecule has 0 fully saturated rings. The molecule has 6 heteroatoms. The van der Waals surface area contributed by atoms with Gasteiger partial charge in [-0.25, -0.2) is 0 Å². The lowest BCUT2D eigenvalue weighted by Crippen LogP contribution is -1.98. The van der Waals surface area contributed by atoms with Crippen molar-refractivity contribution in [3.05, 3.63) is 34.6 Å². The van der Waals surface area contributed by atoms with Crippen LogP contribution in [0.3, 0.4) is 0 Å². The van der Waals surface area contributed by atoms with Gasteiger partial charge in [0.2, 0.25) is 0 Å². The number of hydrogen-bond donors (Lipinski definition) is 0. The van der Waals surface area contributed by atoms with Crippen LogP contribution in [-0.4, -0.2) is 20.5 Å². The molecule has 1 heterocycles. The van der Waals surface area contributed by atoms with Crippen LogP contribution in [0.5, 0.6) is 11.8 Å². The summed E-state index contributed by atoms with van der Waals surface area (Å²) >= 11 is 3.33. The first-order valence-electron chi connectivity index (χ1n) is 4.90. The molecule has 0 N–H and O–H groups in total. The maximum atomic E-state index is 11.4. The van der Waals surface area contributed by atoms with Crippen LogP contribution in [0, 0.1) is 0 Å². The molecule has 2 rings (SSSR count). The maximum Gasteiger partial charge on any atom is 0.341 e. The van der Waals surface area contributed by atoms with Gasteiger partial charge in [-0.2, -0.15) is 4.98 Å². The van der Waals surface area contributed by atoms with Crippen molar-refractivity contribution < 1.29 is 9.53 Å². The fraction of sp³-hybridized carbons (Fsp3) is 0.182. The van der Waals surface area contributed by atoms with Crippen molar-refractivity contribution in [1.29, 1.82) is 0 Å². The van der Waals surface area contributed by atoms with Crippen LogP contribution >= 0.6 is 15.9 Å². The molecule has 0 unspecified atom stereocenters. The topological polar surface area (TPSA) is 57.0 Å². The molecule has 0 aliphatic rings. The Labute approximate surface area is 107 Å². The molecule has 0 saturated carbocycles. The van der Waals surface area contributed by atoms with E-state index in [1.807, 2.05) is 0 Å². The molecule has 0 aliphatic carbocycles. The number of Topliss-reactive ketones (excluding diaryl/α,β-unsaturated/α-hetero) is 1. The standard InChI is InChI=1S/C11H10BrN3O2/c1-7(16)9-4-3-8(12)5-10(9)17-11-13-6-15(2)14-11/h3-6H,1-2H3. The third-order valence-corrected chi connectivity index (χ3v) is 2.60. The van der Waals surface area contributed by atoms with Crippen LogP contribution in [0.15, 0.2) is 29.0 Å². The number of benzene rings is 1. The van der Waals surface area contributed by atoms with Gasteiger partial charge < -0.3 is 4.74 Å². The van der Waals surface area contributed by atoms with Crippen LogP contribution in [0.25, 0.3) is 0 Å². The minimum Gasteiger partial charge on any atom is -0.422 e. The number of carbonyl (C=O) groups is 1. The lowest BCUT2D eigenvalue weighted by Gasteiger charge is -2.06. The number of rotatable bonds is 3. The Bertz CT molecular complexity index is 566. The zero-order chi connectivity index (χ0) is 12.4. The van der Waals surface area contributed by atoms with E-state index in [1.165, 1.54) is 17.9 Å². The molecule has 0 aliphatic heterocycles. The van der Waals surface area contributed by atoms with E-state index in [9.17, 15) is 4.79 Å². The Kier molecular flexibility index (Phi) is 3.23. The van der Waals surface area contributed by atoms with Crippen molar-refractivity contribution in [2.24, 2.45) is 7.05 Å². The van der Waals surface area contributed by atoms with Crippen molar-refractivity contribution in [2.45, 2.75) is 6.92 Å². The van der Waals surface area contributed by atoms with E-state index in [2.05, 4.69) is 26.0 Å². The highest BCUT2D eigenvalue weighted by atomic mass is 79.9. The van der Waals surface area contributed by atoms with E-state index < -0.39 is 0 Å². The first-order chi connectivity index (χ1) is 8.06. The van der Waals surface area contributed by atoms with Crippen molar-refractivity contribution in [3.63, 3.8) is 0 Å². The molecule has 1 aromatic heterocycles. The van der Waals surface area contributed by atoms with Crippen LogP contribution in [0.2, 0.25) is 0 Å². The second-order valence-corrected chi connectivity index (χ2v) is 4.42. The van der Waals surface area contributed by atoms with Gasteiger partial charge in [-0.3, -0.25) is 9.48 Å². The lowest BCUT2D eigenvalue weighted by molar-refractivity contribution is 0.101. The third-order valence-electron chi connectivity index (χ3n) is 2.10. The van der Waals surface area contributed by atoms with Gasteiger partial charge in [0.05, 0.1) is 5.56 Å². The van der Waals surface area contributed by atoms with E-state index in [0.717, 1.165) is 4.47 Å². The van der Waals surface area contributed by atoms with Crippen molar-refractivity contribution >= 4 is 21.7 Å². The van der Waals surface area contributed by atoms with E-state index >= 15 is 0 Å². The lowest BCUT2D eigenvalue weighted by atomic mass is 10.1. The van der Waals surface area contributed by atoms with Gasteiger partial charge in [0, 0.05) is 11.5 Å². The summed E-state index contributed by atoms with van der Waals surface area (Å²) in [5, 5.41) is 3.99. The normalized spacial score (nSPS) is 10.3. The van der Waals surface area contributed by atoms with Gasteiger partial charge in [-0.05, 0) is 25.1 Å². The van der Waals surface area contributed by atoms with E-state index in [-0.39, 0.29) is 11.8 Å². The number of halogens is 1. The van der Waals surface area contributed by atoms with Gasteiger partial charge in [-0.15, -0.1) is 5.10 Å². The van der Waals surface area contributed by atoms with Crippen molar-refractivity contribution in [3.8, 4) is 11.8 Å². The number of nitrogens with zero attached hydrogens (tertiary/aromatic N) is 3. The zero-order valence-corrected chi connectivity index (χ0v) is 10.9. The summed E-state index contributed by atoms with van der Waals surface area (Å²) in [4.78, 5) is 15.4. The monoisotopic (exact) mass is 295 g/mol. The van der Waals surface area contributed by atoms with Gasteiger partial charge in [0.15, 0.2) is 5.78 Å². The maximum absolute atomic E-state index is 11.4. The first kappa shape index (κ1) is 11.8. The first-order valence-corrected chi connectivity index (χ1v) is 5.69. The number of aryl methyl sites for hydroxylation is 1. The number of ketones is 1. The van der Waals surface area contributed by atoms with Crippen molar-refractivity contribution in [1.82, 2.24) is 14.8 Å². The molecule has 0 spiro atoms. The number of ether oxygens (including phenoxy) is 1. The summed E-state index contributed by atoms with van der Waals surface area (Å²) in [5.74, 6) is 0.376. The summed E-state index contributed by atoms with van der Waals surface area (Å²) in [6.07, 6.45) is 1.53. The Morgan fingerprint density at radius 2 is 2.24 bits per heavy atom. The highest BCUT2D eigenvalue weighted by molar-refractivity contribution is 9.10. The van der Waals surface area contributed by atoms with E-state index in [0.29, 0.717) is 11.3 Å². The van der Waals surface area contributed by atoms with Gasteiger partial charge in [0.1, 0.15) is 12.1 Å². The highest BCUT2D eigenvalue weighted by Gasteiger charge is 2.11. The molecular weight excluding hydrogens is 286 g/mol. The Balaban J connectivity index is 2.37. The van der Waals surface area contributed by atoms with Crippen molar-refractivity contribution in [2.75, 3.05) is 0 Å². The molecule has 0 saturated heterocycles. The fourth-order valence-electron chi connectivity index (χ4n) is 1.34. The van der Waals surface area contributed by atoms with Crippen LogP contribution in [0.1, 0.15) is 17.3 Å². The summed E-state index contributed by atoms with van der Waals surface area (Å²) in [6, 6.07) is 5.42. The van der Waals surface area contributed by atoms with Crippen LogP contribution < -0.4 is 4.74 Å². The van der Waals surface area contributed by atoms with Gasteiger partial charge >= 0.3 is 6.01 Å². The quantitative estimate of drug-likeness (QED) is 0.817. The summed E-state index contributed by atoms with van der Waals surface area (Å²) < 4.78 is 7.83. The smallest absolute Gasteiger partial charge is 0.341 e. The SMILES string of the molecule is CC(=O)c1ccc(Br)cc1Oc1ncn(C)n1. The number of hydrogen-bond acceptors (Lipinski definition) is 4. The largest absolute Gasteiger partial charge is 0.422 e. The number of carbonyl (C=O) groups excluding carboxylic acids is 1. The molecule has 17 heavy (non-hydrogen) atoms. The molecule has 0 amide bonds. The minimum atomic E-state index is -0.0663. The van der Waals surface area contributed by atoms with Crippen LogP contribution in [-0.2, 0) is 7.05 Å². The summed E-state index contributed by atoms with van der Waals surface area (Å²) in [6.45, 7) is 1.49. The third kappa shape index (κ3) is 2.71. The summed E-state index contributed by atoms with van der Waals surface area (Å²) in [7, 11) is 1.74. The second kappa shape index (κ2) is 4.67. The minimum absolute atomic E-state index is 0.0663. The second-order valence-electron chi connectivity index (χ2n) is 3.50. The molecule has 0 atom stereocenters. The fourth-order valence-corrected chi connectivity index (χ4v) is 1.68. The van der Waals surface area contributed by atoms with Gasteiger partial charge in [0.25, 0.3) is 0 Å². The number of aromatic nitrogens is 3. The summed E-state index contributed by atoms with van der Waals surface area (Å²) in [5.41, 5.74) is 0.501. The Hall–Kier alpha value is -1.69. The highest BCUT2D eigenvalue weighted by Crippen LogP contribution is 2.27. The van der Waals surface area contributed by atoms with E-state index in [1.54, 1.807) is 25.2 Å². The Morgan fingerprint density at radius 1 is 1.47 bits per heavy atom. The predicted octanol–water partition coefficient (Wildman–Crippen LogP) is 2.57. The Morgan fingerprint density at radius 3 is 2.82 bits per heavy atom. The molecular formula is C11H10BrN3O2. The molecule has 0 radical (unpaired) electrons.